The number of benzene rings is 5. The summed E-state index contributed by atoms with van der Waals surface area (Å²) in [7, 11) is 0. The third kappa shape index (κ3) is 4.71. The Bertz CT molecular complexity index is 1280. The van der Waals surface area contributed by atoms with Gasteiger partial charge in [0.2, 0.25) is 0 Å². The van der Waals surface area contributed by atoms with Crippen molar-refractivity contribution in [3.63, 3.8) is 0 Å². The lowest BCUT2D eigenvalue weighted by Gasteiger charge is -2.11. The zero-order valence-electron chi connectivity index (χ0n) is 18.1. The van der Waals surface area contributed by atoms with E-state index in [1.807, 2.05) is 0 Å². The van der Waals surface area contributed by atoms with Crippen molar-refractivity contribution in [2.45, 2.75) is 12.8 Å². The van der Waals surface area contributed by atoms with Crippen LogP contribution in [0.5, 0.6) is 0 Å². The lowest BCUT2D eigenvalue weighted by atomic mass is 9.93. The van der Waals surface area contributed by atoms with Crippen molar-refractivity contribution in [1.29, 1.82) is 0 Å². The highest BCUT2D eigenvalue weighted by Crippen LogP contribution is 2.29. The maximum atomic E-state index is 2.31. The Labute approximate surface area is 190 Å². The molecule has 0 N–H and O–H groups in total. The van der Waals surface area contributed by atoms with Crippen molar-refractivity contribution in [2.24, 2.45) is 0 Å². The fourth-order valence-electron chi connectivity index (χ4n) is 4.31. The van der Waals surface area contributed by atoms with Crippen LogP contribution in [0.3, 0.4) is 0 Å². The van der Waals surface area contributed by atoms with Gasteiger partial charge in [-0.25, -0.2) is 0 Å². The van der Waals surface area contributed by atoms with Gasteiger partial charge in [-0.1, -0.05) is 133 Å². The van der Waals surface area contributed by atoms with Gasteiger partial charge in [0.15, 0.2) is 0 Å². The summed E-state index contributed by atoms with van der Waals surface area (Å²) in [6.45, 7) is 0. The van der Waals surface area contributed by atoms with E-state index in [0.29, 0.717) is 0 Å². The van der Waals surface area contributed by atoms with Gasteiger partial charge in [0.25, 0.3) is 0 Å². The molecule has 0 fully saturated rings. The molecule has 5 aromatic carbocycles. The van der Waals surface area contributed by atoms with E-state index in [-0.39, 0.29) is 0 Å². The fraction of sp³-hybridized carbons (Fsp3) is 0.0625. The Balaban J connectivity index is 1.39. The van der Waals surface area contributed by atoms with Gasteiger partial charge >= 0.3 is 0 Å². The normalized spacial score (nSPS) is 10.8. The van der Waals surface area contributed by atoms with Crippen LogP contribution in [0, 0.1) is 0 Å². The van der Waals surface area contributed by atoms with Gasteiger partial charge < -0.3 is 0 Å². The van der Waals surface area contributed by atoms with Crippen LogP contribution in [0.1, 0.15) is 22.3 Å². The lowest BCUT2D eigenvalue weighted by molar-refractivity contribution is 1.19. The minimum absolute atomic E-state index is 0.945. The quantitative estimate of drug-likeness (QED) is 0.265. The minimum Gasteiger partial charge on any atom is -0.0622 e. The Morgan fingerprint density at radius 1 is 0.344 bits per heavy atom. The molecule has 5 aromatic rings. The molecule has 0 heteroatoms. The van der Waals surface area contributed by atoms with Crippen LogP contribution in [0.25, 0.3) is 22.3 Å². The molecule has 0 radical (unpaired) electrons. The summed E-state index contributed by atoms with van der Waals surface area (Å²) in [5.74, 6) is 0. The highest BCUT2D eigenvalue weighted by Gasteiger charge is 2.07. The van der Waals surface area contributed by atoms with Crippen LogP contribution in [0.2, 0.25) is 0 Å². The zero-order chi connectivity index (χ0) is 21.6. The summed E-state index contributed by atoms with van der Waals surface area (Å²) in [4.78, 5) is 0. The third-order valence-corrected chi connectivity index (χ3v) is 5.96. The molecule has 0 nitrogen and oxygen atoms in total. The molecule has 0 heterocycles. The highest BCUT2D eigenvalue weighted by atomic mass is 14.1. The van der Waals surface area contributed by atoms with Gasteiger partial charge in [-0.2, -0.15) is 0 Å². The Morgan fingerprint density at radius 2 is 0.906 bits per heavy atom. The monoisotopic (exact) mass is 410 g/mol. The summed E-state index contributed by atoms with van der Waals surface area (Å²) in [5, 5.41) is 0. The molecule has 0 unspecified atom stereocenters. The molecule has 0 amide bonds. The second-order valence-electron chi connectivity index (χ2n) is 8.26. The van der Waals surface area contributed by atoms with E-state index in [2.05, 4.69) is 133 Å². The first kappa shape index (κ1) is 20.0. The zero-order valence-corrected chi connectivity index (χ0v) is 18.1. The van der Waals surface area contributed by atoms with E-state index in [4.69, 9.17) is 0 Å². The number of hydrogen-bond acceptors (Lipinski definition) is 0. The SMILES string of the molecule is c1ccc(Cc2cccc(-c3ccc(-c4ccccc4Cc4ccccc4)cc3)c2)cc1. The average molecular weight is 411 g/mol. The number of hydrogen-bond donors (Lipinski definition) is 0. The van der Waals surface area contributed by atoms with Crippen LogP contribution in [0.15, 0.2) is 133 Å². The maximum Gasteiger partial charge on any atom is -0.00196 e. The van der Waals surface area contributed by atoms with Crippen LogP contribution >= 0.6 is 0 Å². The second kappa shape index (κ2) is 9.49. The van der Waals surface area contributed by atoms with Gasteiger partial charge in [0.1, 0.15) is 0 Å². The van der Waals surface area contributed by atoms with E-state index in [9.17, 15) is 0 Å². The maximum absolute atomic E-state index is 2.31. The predicted octanol–water partition coefficient (Wildman–Crippen LogP) is 8.20. The molecular formula is C32H26. The molecule has 32 heavy (non-hydrogen) atoms. The largest absolute Gasteiger partial charge is 0.0622 e. The molecule has 0 spiro atoms. The van der Waals surface area contributed by atoms with E-state index in [1.54, 1.807) is 0 Å². The topological polar surface area (TPSA) is 0 Å². The summed E-state index contributed by atoms with van der Waals surface area (Å²) in [6.07, 6.45) is 1.90. The molecule has 0 saturated carbocycles. The predicted molar refractivity (Wildman–Crippen MR) is 136 cm³/mol. The van der Waals surface area contributed by atoms with Crippen molar-refractivity contribution >= 4 is 0 Å². The molecule has 0 bridgehead atoms. The van der Waals surface area contributed by atoms with Gasteiger partial charge in [0.05, 0.1) is 0 Å². The van der Waals surface area contributed by atoms with Crippen LogP contribution < -0.4 is 0 Å². The molecule has 0 aromatic heterocycles. The van der Waals surface area contributed by atoms with Crippen molar-refractivity contribution in [3.05, 3.63) is 156 Å². The summed E-state index contributed by atoms with van der Waals surface area (Å²) in [5.41, 5.74) is 10.5. The van der Waals surface area contributed by atoms with Crippen molar-refractivity contribution in [3.8, 4) is 22.3 Å². The van der Waals surface area contributed by atoms with Crippen molar-refractivity contribution in [1.82, 2.24) is 0 Å². The first-order valence-corrected chi connectivity index (χ1v) is 11.2. The van der Waals surface area contributed by atoms with Crippen molar-refractivity contribution in [2.75, 3.05) is 0 Å². The summed E-state index contributed by atoms with van der Waals surface area (Å²) in [6, 6.07) is 48.0. The molecule has 0 atom stereocenters. The average Bonchev–Trinajstić information content (AvgIpc) is 2.86. The van der Waals surface area contributed by atoms with Gasteiger partial charge in [-0.15, -0.1) is 0 Å². The standard InChI is InChI=1S/C32H26/c1-3-10-25(11-4-1)22-27-14-9-16-30(24-27)28-18-20-29(21-19-28)32-17-8-7-15-31(32)23-26-12-5-2-6-13-26/h1-21,24H,22-23H2. The Morgan fingerprint density at radius 3 is 1.62 bits per heavy atom. The smallest absolute Gasteiger partial charge is 0.00196 e. The van der Waals surface area contributed by atoms with Crippen LogP contribution in [-0.4, -0.2) is 0 Å². The molecule has 0 aliphatic rings. The molecule has 0 aliphatic heterocycles. The highest BCUT2D eigenvalue weighted by molar-refractivity contribution is 5.73. The van der Waals surface area contributed by atoms with Gasteiger partial charge in [-0.05, 0) is 57.3 Å². The second-order valence-corrected chi connectivity index (χ2v) is 8.26. The summed E-state index contributed by atoms with van der Waals surface area (Å²) < 4.78 is 0. The Kier molecular flexibility index (Phi) is 5.94. The van der Waals surface area contributed by atoms with Gasteiger partial charge in [-0.3, -0.25) is 0 Å². The van der Waals surface area contributed by atoms with Crippen LogP contribution in [0.4, 0.5) is 0 Å². The molecular weight excluding hydrogens is 384 g/mol. The van der Waals surface area contributed by atoms with Crippen molar-refractivity contribution < 1.29 is 0 Å². The van der Waals surface area contributed by atoms with Gasteiger partial charge in [0, 0.05) is 0 Å². The molecule has 0 aliphatic carbocycles. The lowest BCUT2D eigenvalue weighted by Crippen LogP contribution is -1.92. The Hall–Kier alpha value is -3.90. The third-order valence-electron chi connectivity index (χ3n) is 5.96. The number of rotatable bonds is 6. The minimum atomic E-state index is 0.945. The first-order chi connectivity index (χ1) is 15.8. The first-order valence-electron chi connectivity index (χ1n) is 11.2. The van der Waals surface area contributed by atoms with E-state index >= 15 is 0 Å². The van der Waals surface area contributed by atoms with E-state index in [0.717, 1.165) is 12.8 Å². The fourth-order valence-corrected chi connectivity index (χ4v) is 4.31. The van der Waals surface area contributed by atoms with E-state index < -0.39 is 0 Å². The summed E-state index contributed by atoms with van der Waals surface area (Å²) >= 11 is 0. The molecule has 5 rings (SSSR count). The molecule has 154 valence electrons. The molecule has 0 saturated heterocycles. The van der Waals surface area contributed by atoms with Crippen LogP contribution in [-0.2, 0) is 12.8 Å². The van der Waals surface area contributed by atoms with E-state index in [1.165, 1.54) is 44.5 Å².